The molecule has 1 aromatic rings. The van der Waals surface area contributed by atoms with Crippen LogP contribution in [0.1, 0.15) is 23.7 Å². The van der Waals surface area contributed by atoms with Crippen LogP contribution in [0.3, 0.4) is 0 Å². The van der Waals surface area contributed by atoms with Crippen LogP contribution in [0.25, 0.3) is 0 Å². The summed E-state index contributed by atoms with van der Waals surface area (Å²) in [5, 5.41) is 9.73. The molecule has 0 spiro atoms. The number of carbonyl (C=O) groups excluding carboxylic acids is 1. The quantitative estimate of drug-likeness (QED) is 0.759. The Balaban J connectivity index is 1.96. The Morgan fingerprint density at radius 1 is 1.29 bits per heavy atom. The monoisotopic (exact) mass is 337 g/mol. The zero-order chi connectivity index (χ0) is 17.5. The molecule has 2 heterocycles. The number of nitrogens with zero attached hydrogens (tertiary/aromatic N) is 3. The van der Waals surface area contributed by atoms with Crippen LogP contribution in [0, 0.1) is 0 Å². The van der Waals surface area contributed by atoms with Gasteiger partial charge < -0.3 is 19.3 Å². The van der Waals surface area contributed by atoms with E-state index in [1.807, 2.05) is 6.92 Å². The first-order valence-corrected chi connectivity index (χ1v) is 8.44. The van der Waals surface area contributed by atoms with E-state index in [2.05, 4.69) is 4.90 Å². The lowest BCUT2D eigenvalue weighted by atomic mass is 10.2. The number of aliphatic hydroxyl groups excluding tert-OH is 1. The van der Waals surface area contributed by atoms with Crippen molar-refractivity contribution in [3.63, 3.8) is 0 Å². The van der Waals surface area contributed by atoms with Gasteiger partial charge in [0.25, 0.3) is 11.5 Å². The van der Waals surface area contributed by atoms with Crippen molar-refractivity contribution < 1.29 is 14.6 Å². The molecule has 0 aromatic carbocycles. The van der Waals surface area contributed by atoms with Gasteiger partial charge in [-0.25, -0.2) is 0 Å². The molecule has 1 aliphatic rings. The highest BCUT2D eigenvalue weighted by Gasteiger charge is 2.23. The molecular weight excluding hydrogens is 310 g/mol. The fourth-order valence-electron chi connectivity index (χ4n) is 2.77. The number of methoxy groups -OCH3 is 1. The molecule has 1 aromatic heterocycles. The van der Waals surface area contributed by atoms with Crippen LogP contribution in [0.2, 0.25) is 0 Å². The van der Waals surface area contributed by atoms with Gasteiger partial charge in [-0.15, -0.1) is 0 Å². The lowest BCUT2D eigenvalue weighted by Gasteiger charge is -2.35. The normalized spacial score (nSPS) is 17.0. The second kappa shape index (κ2) is 8.96. The van der Waals surface area contributed by atoms with Crippen molar-refractivity contribution in [1.29, 1.82) is 0 Å². The summed E-state index contributed by atoms with van der Waals surface area (Å²) in [6.45, 7) is 6.25. The zero-order valence-electron chi connectivity index (χ0n) is 14.5. The predicted molar refractivity (Wildman–Crippen MR) is 91.2 cm³/mol. The number of piperazine rings is 1. The van der Waals surface area contributed by atoms with Crippen molar-refractivity contribution in [3.05, 3.63) is 34.2 Å². The van der Waals surface area contributed by atoms with Crippen molar-refractivity contribution in [2.24, 2.45) is 0 Å². The van der Waals surface area contributed by atoms with E-state index >= 15 is 0 Å². The van der Waals surface area contributed by atoms with Gasteiger partial charge in [0, 0.05) is 58.6 Å². The van der Waals surface area contributed by atoms with E-state index in [4.69, 9.17) is 4.74 Å². The van der Waals surface area contributed by atoms with Gasteiger partial charge >= 0.3 is 0 Å². The smallest absolute Gasteiger partial charge is 0.255 e. The second-order valence-electron chi connectivity index (χ2n) is 6.10. The number of hydrogen-bond donors (Lipinski definition) is 1. The number of β-amino-alcohol motifs (C(OH)–C–C–N with tert-alkyl or cyclic N) is 1. The van der Waals surface area contributed by atoms with Crippen LogP contribution in [0.5, 0.6) is 0 Å². The van der Waals surface area contributed by atoms with E-state index < -0.39 is 0 Å². The van der Waals surface area contributed by atoms with E-state index in [1.165, 1.54) is 10.6 Å². The maximum atomic E-state index is 12.6. The summed E-state index contributed by atoms with van der Waals surface area (Å²) in [4.78, 5) is 28.4. The molecule has 2 rings (SSSR count). The molecule has 0 aliphatic carbocycles. The maximum absolute atomic E-state index is 12.6. The lowest BCUT2D eigenvalue weighted by molar-refractivity contribution is 0.0523. The average Bonchev–Trinajstić information content (AvgIpc) is 2.61. The molecule has 24 heavy (non-hydrogen) atoms. The Bertz CT molecular complexity index is 594. The van der Waals surface area contributed by atoms with E-state index in [9.17, 15) is 14.7 Å². The number of carbonyl (C=O) groups is 1. The number of hydrogen-bond acceptors (Lipinski definition) is 5. The van der Waals surface area contributed by atoms with Crippen LogP contribution in [0.4, 0.5) is 0 Å². The standard InChI is InChI=1S/C17H27N3O4/c1-3-15(21)13-18-6-8-19(9-7-18)17(23)14-4-5-16(22)20(12-14)10-11-24-2/h4-5,12,15,21H,3,6-11,13H2,1-2H3/t15-/m0/s1. The van der Waals surface area contributed by atoms with Crippen molar-refractivity contribution in [2.75, 3.05) is 46.4 Å². The molecule has 7 heteroatoms. The van der Waals surface area contributed by atoms with Crippen LogP contribution in [0.15, 0.2) is 23.1 Å². The summed E-state index contributed by atoms with van der Waals surface area (Å²) >= 11 is 0. The molecule has 134 valence electrons. The van der Waals surface area contributed by atoms with E-state index in [0.717, 1.165) is 19.5 Å². The van der Waals surface area contributed by atoms with Gasteiger partial charge in [0.15, 0.2) is 0 Å². The van der Waals surface area contributed by atoms with Crippen LogP contribution in [-0.2, 0) is 11.3 Å². The minimum atomic E-state index is -0.309. The molecule has 1 fully saturated rings. The van der Waals surface area contributed by atoms with Crippen molar-refractivity contribution >= 4 is 5.91 Å². The molecular formula is C17H27N3O4. The molecule has 1 aliphatic heterocycles. The number of rotatable bonds is 7. The van der Waals surface area contributed by atoms with Gasteiger partial charge in [0.1, 0.15) is 0 Å². The largest absolute Gasteiger partial charge is 0.392 e. The molecule has 0 bridgehead atoms. The van der Waals surface area contributed by atoms with Crippen LogP contribution >= 0.6 is 0 Å². The summed E-state index contributed by atoms with van der Waals surface area (Å²) in [5.41, 5.74) is 0.384. The van der Waals surface area contributed by atoms with Gasteiger partial charge in [-0.3, -0.25) is 14.5 Å². The molecule has 0 saturated carbocycles. The molecule has 0 radical (unpaired) electrons. The number of aliphatic hydroxyl groups is 1. The third-order valence-corrected chi connectivity index (χ3v) is 4.37. The topological polar surface area (TPSA) is 75.0 Å². The maximum Gasteiger partial charge on any atom is 0.255 e. The lowest BCUT2D eigenvalue weighted by Crippen LogP contribution is -2.50. The predicted octanol–water partition coefficient (Wildman–Crippen LogP) is 0.0234. The Morgan fingerprint density at radius 3 is 2.62 bits per heavy atom. The van der Waals surface area contributed by atoms with E-state index in [1.54, 1.807) is 24.3 Å². The molecule has 1 atom stereocenters. The summed E-state index contributed by atoms with van der Waals surface area (Å²) in [7, 11) is 1.58. The van der Waals surface area contributed by atoms with Crippen LogP contribution < -0.4 is 5.56 Å². The van der Waals surface area contributed by atoms with Gasteiger partial charge in [0.2, 0.25) is 0 Å². The van der Waals surface area contributed by atoms with Gasteiger partial charge in [-0.05, 0) is 12.5 Å². The van der Waals surface area contributed by atoms with Gasteiger partial charge in [-0.1, -0.05) is 6.92 Å². The third-order valence-electron chi connectivity index (χ3n) is 4.37. The first-order chi connectivity index (χ1) is 11.5. The first kappa shape index (κ1) is 18.6. The average molecular weight is 337 g/mol. The first-order valence-electron chi connectivity index (χ1n) is 8.44. The number of pyridine rings is 1. The Kier molecular flexibility index (Phi) is 6.96. The molecule has 1 saturated heterocycles. The number of ether oxygens (including phenoxy) is 1. The Hall–Kier alpha value is -1.70. The van der Waals surface area contributed by atoms with E-state index in [-0.39, 0.29) is 17.6 Å². The zero-order valence-corrected chi connectivity index (χ0v) is 14.5. The Labute approximate surface area is 142 Å². The van der Waals surface area contributed by atoms with Crippen molar-refractivity contribution in [1.82, 2.24) is 14.4 Å². The second-order valence-corrected chi connectivity index (χ2v) is 6.10. The molecule has 0 unspecified atom stereocenters. The SMILES string of the molecule is CC[C@H](O)CN1CCN(C(=O)c2ccc(=O)n(CCOC)c2)CC1. The van der Waals surface area contributed by atoms with Gasteiger partial charge in [0.05, 0.1) is 18.3 Å². The summed E-state index contributed by atoms with van der Waals surface area (Å²) in [6.07, 6.45) is 2.04. The summed E-state index contributed by atoms with van der Waals surface area (Å²) in [6, 6.07) is 3.01. The van der Waals surface area contributed by atoms with Crippen molar-refractivity contribution in [3.8, 4) is 0 Å². The minimum absolute atomic E-state index is 0.0585. The highest BCUT2D eigenvalue weighted by molar-refractivity contribution is 5.94. The van der Waals surface area contributed by atoms with Crippen LogP contribution in [-0.4, -0.2) is 77.9 Å². The highest BCUT2D eigenvalue weighted by atomic mass is 16.5. The third kappa shape index (κ3) is 4.90. The fraction of sp³-hybridized carbons (Fsp3) is 0.647. The number of amides is 1. The van der Waals surface area contributed by atoms with Gasteiger partial charge in [-0.2, -0.15) is 0 Å². The summed E-state index contributed by atoms with van der Waals surface area (Å²) < 4.78 is 6.49. The van der Waals surface area contributed by atoms with Crippen molar-refractivity contribution in [2.45, 2.75) is 26.0 Å². The molecule has 1 N–H and O–H groups in total. The summed E-state index contributed by atoms with van der Waals surface area (Å²) in [5.74, 6) is -0.0585. The minimum Gasteiger partial charge on any atom is -0.392 e. The number of aromatic nitrogens is 1. The molecule has 7 nitrogen and oxygen atoms in total. The Morgan fingerprint density at radius 2 is 2.00 bits per heavy atom. The molecule has 1 amide bonds. The highest BCUT2D eigenvalue weighted by Crippen LogP contribution is 2.09. The fourth-order valence-corrected chi connectivity index (χ4v) is 2.77. The van der Waals surface area contributed by atoms with E-state index in [0.29, 0.717) is 38.3 Å².